The number of rotatable bonds is 2. The van der Waals surface area contributed by atoms with Crippen molar-refractivity contribution in [3.8, 4) is 0 Å². The SMILES string of the molecule is C[C@H](O)C=CN(C)C. The molecular formula is C6H13NO. The predicted molar refractivity (Wildman–Crippen MR) is 34.5 cm³/mol. The summed E-state index contributed by atoms with van der Waals surface area (Å²) < 4.78 is 0. The Morgan fingerprint density at radius 3 is 2.12 bits per heavy atom. The molecule has 2 heteroatoms. The van der Waals surface area contributed by atoms with Crippen LogP contribution in [-0.4, -0.2) is 30.2 Å². The normalized spacial score (nSPS) is 14.5. The zero-order chi connectivity index (χ0) is 6.57. The molecule has 0 spiro atoms. The van der Waals surface area contributed by atoms with Crippen LogP contribution >= 0.6 is 0 Å². The van der Waals surface area contributed by atoms with Crippen LogP contribution in [0.2, 0.25) is 0 Å². The molecule has 0 aromatic heterocycles. The van der Waals surface area contributed by atoms with Crippen molar-refractivity contribution in [2.75, 3.05) is 14.1 Å². The van der Waals surface area contributed by atoms with Crippen molar-refractivity contribution in [2.24, 2.45) is 0 Å². The Kier molecular flexibility index (Phi) is 3.28. The maximum atomic E-state index is 8.69. The van der Waals surface area contributed by atoms with E-state index in [1.165, 1.54) is 0 Å². The Morgan fingerprint density at radius 2 is 2.00 bits per heavy atom. The molecule has 0 aliphatic carbocycles. The monoisotopic (exact) mass is 115 g/mol. The summed E-state index contributed by atoms with van der Waals surface area (Å²) in [5.74, 6) is 0. The molecule has 0 saturated carbocycles. The number of aliphatic hydroxyl groups excluding tert-OH is 1. The van der Waals surface area contributed by atoms with Crippen LogP contribution in [0.3, 0.4) is 0 Å². The maximum Gasteiger partial charge on any atom is 0.0709 e. The van der Waals surface area contributed by atoms with Crippen LogP contribution < -0.4 is 0 Å². The summed E-state index contributed by atoms with van der Waals surface area (Å²) in [6, 6.07) is 0. The van der Waals surface area contributed by atoms with Crippen molar-refractivity contribution in [1.82, 2.24) is 4.90 Å². The zero-order valence-electron chi connectivity index (χ0n) is 5.63. The van der Waals surface area contributed by atoms with Gasteiger partial charge in [0.05, 0.1) is 6.10 Å². The van der Waals surface area contributed by atoms with E-state index in [1.54, 1.807) is 13.0 Å². The average Bonchev–Trinajstić information content (AvgIpc) is 1.61. The first-order valence-corrected chi connectivity index (χ1v) is 2.65. The van der Waals surface area contributed by atoms with Crippen molar-refractivity contribution >= 4 is 0 Å². The minimum atomic E-state index is -0.336. The minimum absolute atomic E-state index is 0.336. The summed E-state index contributed by atoms with van der Waals surface area (Å²) in [7, 11) is 3.83. The Hall–Kier alpha value is -0.500. The molecule has 2 nitrogen and oxygen atoms in total. The molecule has 0 unspecified atom stereocenters. The molecule has 0 aliphatic heterocycles. The molecule has 0 aromatic rings. The lowest BCUT2D eigenvalue weighted by Crippen LogP contribution is -2.03. The lowest BCUT2D eigenvalue weighted by Gasteiger charge is -2.03. The second kappa shape index (κ2) is 3.50. The number of aliphatic hydroxyl groups is 1. The van der Waals surface area contributed by atoms with Gasteiger partial charge < -0.3 is 10.0 Å². The molecule has 1 N–H and O–H groups in total. The van der Waals surface area contributed by atoms with Crippen molar-refractivity contribution < 1.29 is 5.11 Å². The van der Waals surface area contributed by atoms with Gasteiger partial charge in [0.2, 0.25) is 0 Å². The minimum Gasteiger partial charge on any atom is -0.389 e. The largest absolute Gasteiger partial charge is 0.389 e. The van der Waals surface area contributed by atoms with E-state index < -0.39 is 0 Å². The summed E-state index contributed by atoms with van der Waals surface area (Å²) in [6.45, 7) is 1.72. The summed E-state index contributed by atoms with van der Waals surface area (Å²) in [5.41, 5.74) is 0. The number of hydrogen-bond donors (Lipinski definition) is 1. The Labute approximate surface area is 50.4 Å². The van der Waals surface area contributed by atoms with Crippen molar-refractivity contribution in [3.05, 3.63) is 12.3 Å². The molecule has 0 aliphatic rings. The molecule has 0 saturated heterocycles. The summed E-state index contributed by atoms with van der Waals surface area (Å²) >= 11 is 0. The lowest BCUT2D eigenvalue weighted by molar-refractivity contribution is 0.242. The summed E-state index contributed by atoms with van der Waals surface area (Å²) in [4.78, 5) is 1.88. The summed E-state index contributed by atoms with van der Waals surface area (Å²) in [6.07, 6.45) is 3.21. The van der Waals surface area contributed by atoms with Crippen LogP contribution in [0.1, 0.15) is 6.92 Å². The molecule has 1 atom stereocenters. The third-order valence-electron chi connectivity index (χ3n) is 0.663. The van der Waals surface area contributed by atoms with Gasteiger partial charge in [-0.3, -0.25) is 0 Å². The standard InChI is InChI=1S/C6H13NO/c1-6(8)4-5-7(2)3/h4-6,8H,1-3H3/t6-/m0/s1. The van der Waals surface area contributed by atoms with Crippen molar-refractivity contribution in [2.45, 2.75) is 13.0 Å². The van der Waals surface area contributed by atoms with Gasteiger partial charge in [0.15, 0.2) is 0 Å². The lowest BCUT2D eigenvalue weighted by atomic mass is 10.4. The highest BCUT2D eigenvalue weighted by Crippen LogP contribution is 1.83. The number of nitrogens with zero attached hydrogens (tertiary/aromatic N) is 1. The smallest absolute Gasteiger partial charge is 0.0709 e. The van der Waals surface area contributed by atoms with E-state index in [0.717, 1.165) is 0 Å². The van der Waals surface area contributed by atoms with Crippen LogP contribution in [-0.2, 0) is 0 Å². The van der Waals surface area contributed by atoms with E-state index in [9.17, 15) is 0 Å². The molecular weight excluding hydrogens is 102 g/mol. The topological polar surface area (TPSA) is 23.5 Å². The van der Waals surface area contributed by atoms with Crippen LogP contribution in [0.5, 0.6) is 0 Å². The fourth-order valence-corrected chi connectivity index (χ4v) is 0.297. The highest BCUT2D eigenvalue weighted by Gasteiger charge is 1.83. The average molecular weight is 115 g/mol. The maximum absolute atomic E-state index is 8.69. The molecule has 0 bridgehead atoms. The van der Waals surface area contributed by atoms with Crippen LogP contribution in [0.25, 0.3) is 0 Å². The molecule has 8 heavy (non-hydrogen) atoms. The van der Waals surface area contributed by atoms with Gasteiger partial charge in [0.1, 0.15) is 0 Å². The highest BCUT2D eigenvalue weighted by molar-refractivity contribution is 4.83. The van der Waals surface area contributed by atoms with Crippen LogP contribution in [0.4, 0.5) is 0 Å². The molecule has 0 aromatic carbocycles. The molecule has 0 heterocycles. The summed E-state index contributed by atoms with van der Waals surface area (Å²) in [5, 5.41) is 8.69. The van der Waals surface area contributed by atoms with Crippen molar-refractivity contribution in [3.63, 3.8) is 0 Å². The first-order valence-electron chi connectivity index (χ1n) is 2.65. The quantitative estimate of drug-likeness (QED) is 0.564. The molecule has 0 fully saturated rings. The zero-order valence-corrected chi connectivity index (χ0v) is 5.63. The van der Waals surface area contributed by atoms with E-state index >= 15 is 0 Å². The Balaban J connectivity index is 3.34. The van der Waals surface area contributed by atoms with E-state index in [4.69, 9.17) is 5.11 Å². The van der Waals surface area contributed by atoms with E-state index in [0.29, 0.717) is 0 Å². The van der Waals surface area contributed by atoms with Crippen LogP contribution in [0, 0.1) is 0 Å². The van der Waals surface area contributed by atoms with E-state index in [1.807, 2.05) is 25.2 Å². The van der Waals surface area contributed by atoms with Gasteiger partial charge in [-0.05, 0) is 19.2 Å². The van der Waals surface area contributed by atoms with E-state index in [2.05, 4.69) is 0 Å². The van der Waals surface area contributed by atoms with Gasteiger partial charge in [0, 0.05) is 14.1 Å². The third-order valence-corrected chi connectivity index (χ3v) is 0.663. The van der Waals surface area contributed by atoms with Gasteiger partial charge in [-0.1, -0.05) is 0 Å². The van der Waals surface area contributed by atoms with Crippen LogP contribution in [0.15, 0.2) is 12.3 Å². The Morgan fingerprint density at radius 1 is 1.50 bits per heavy atom. The predicted octanol–water partition coefficient (Wildman–Crippen LogP) is 0.442. The first-order chi connectivity index (χ1) is 3.63. The highest BCUT2D eigenvalue weighted by atomic mass is 16.3. The fraction of sp³-hybridized carbons (Fsp3) is 0.667. The van der Waals surface area contributed by atoms with Crippen molar-refractivity contribution in [1.29, 1.82) is 0 Å². The molecule has 0 radical (unpaired) electrons. The third kappa shape index (κ3) is 5.50. The first kappa shape index (κ1) is 7.50. The van der Waals surface area contributed by atoms with Gasteiger partial charge in [-0.15, -0.1) is 0 Å². The molecule has 0 rings (SSSR count). The van der Waals surface area contributed by atoms with Gasteiger partial charge in [-0.2, -0.15) is 0 Å². The van der Waals surface area contributed by atoms with E-state index in [-0.39, 0.29) is 6.10 Å². The second-order valence-electron chi connectivity index (χ2n) is 2.05. The second-order valence-corrected chi connectivity index (χ2v) is 2.05. The fourth-order valence-electron chi connectivity index (χ4n) is 0.297. The molecule has 0 amide bonds. The van der Waals surface area contributed by atoms with Gasteiger partial charge >= 0.3 is 0 Å². The van der Waals surface area contributed by atoms with Gasteiger partial charge in [-0.25, -0.2) is 0 Å². The number of hydrogen-bond acceptors (Lipinski definition) is 2. The Bertz CT molecular complexity index is 66.6. The van der Waals surface area contributed by atoms with Gasteiger partial charge in [0.25, 0.3) is 0 Å². The molecule has 48 valence electrons.